The van der Waals surface area contributed by atoms with Crippen LogP contribution in [0, 0.1) is 6.92 Å². The molecule has 6 heteroatoms. The second-order valence-electron chi connectivity index (χ2n) is 4.58. The highest BCUT2D eigenvalue weighted by atomic mass is 79.9. The number of aryl methyl sites for hydroxylation is 1. The van der Waals surface area contributed by atoms with E-state index in [2.05, 4.69) is 41.8 Å². The summed E-state index contributed by atoms with van der Waals surface area (Å²) in [4.78, 5) is 9.00. The molecule has 0 atom stereocenters. The van der Waals surface area contributed by atoms with Gasteiger partial charge in [-0.1, -0.05) is 55.1 Å². The van der Waals surface area contributed by atoms with Gasteiger partial charge in [0.15, 0.2) is 5.82 Å². The van der Waals surface area contributed by atoms with Crippen LogP contribution in [0.25, 0.3) is 22.3 Å². The minimum atomic E-state index is 0.415. The van der Waals surface area contributed by atoms with Gasteiger partial charge in [-0.25, -0.2) is 9.97 Å². The summed E-state index contributed by atoms with van der Waals surface area (Å²) in [7, 11) is 0. The second-order valence-corrected chi connectivity index (χ2v) is 7.18. The van der Waals surface area contributed by atoms with Crippen LogP contribution in [-0.2, 0) is 0 Å². The Morgan fingerprint density at radius 2 is 1.71 bits per heavy atom. The topological polar surface area (TPSA) is 25.8 Å². The molecule has 3 aromatic rings. The summed E-state index contributed by atoms with van der Waals surface area (Å²) >= 11 is 19.4. The molecule has 0 radical (unpaired) electrons. The Kier molecular flexibility index (Phi) is 4.23. The molecule has 1 aromatic heterocycles. The SMILES string of the molecule is Cc1cc(Br)cc2c(Cl)nc(-c3ccc(Br)cc3Cl)nc12. The molecule has 0 bridgehead atoms. The average Bonchev–Trinajstić information content (AvgIpc) is 2.40. The smallest absolute Gasteiger partial charge is 0.163 e. The monoisotopic (exact) mass is 444 g/mol. The van der Waals surface area contributed by atoms with Crippen LogP contribution in [0.4, 0.5) is 0 Å². The quantitative estimate of drug-likeness (QED) is 0.402. The second kappa shape index (κ2) is 5.84. The van der Waals surface area contributed by atoms with Gasteiger partial charge in [-0.3, -0.25) is 0 Å². The summed E-state index contributed by atoms with van der Waals surface area (Å²) in [6.45, 7) is 1.99. The average molecular weight is 447 g/mol. The Morgan fingerprint density at radius 1 is 0.952 bits per heavy atom. The summed E-state index contributed by atoms with van der Waals surface area (Å²) < 4.78 is 1.86. The molecule has 0 saturated heterocycles. The zero-order chi connectivity index (χ0) is 15.1. The van der Waals surface area contributed by atoms with Crippen molar-refractivity contribution in [1.82, 2.24) is 9.97 Å². The van der Waals surface area contributed by atoms with Crippen molar-refractivity contribution >= 4 is 66.0 Å². The fourth-order valence-corrected chi connectivity index (χ4v) is 3.67. The highest BCUT2D eigenvalue weighted by molar-refractivity contribution is 9.10. The van der Waals surface area contributed by atoms with Crippen molar-refractivity contribution in [1.29, 1.82) is 0 Å². The van der Waals surface area contributed by atoms with Crippen molar-refractivity contribution in [2.75, 3.05) is 0 Å². The van der Waals surface area contributed by atoms with Crippen LogP contribution >= 0.6 is 55.1 Å². The van der Waals surface area contributed by atoms with E-state index >= 15 is 0 Å². The third-order valence-corrected chi connectivity index (χ3v) is 4.63. The minimum absolute atomic E-state index is 0.415. The molecule has 0 unspecified atom stereocenters. The third-order valence-electron chi connectivity index (χ3n) is 3.08. The molecule has 0 N–H and O–H groups in total. The van der Waals surface area contributed by atoms with Gasteiger partial charge in [0, 0.05) is 19.9 Å². The number of hydrogen-bond acceptors (Lipinski definition) is 2. The Hall–Kier alpha value is -0.680. The lowest BCUT2D eigenvalue weighted by molar-refractivity contribution is 1.21. The first-order chi connectivity index (χ1) is 9.95. The number of halogens is 4. The standard InChI is InChI=1S/C15H8Br2Cl2N2/c1-7-4-9(17)5-11-13(7)20-15(21-14(11)19)10-3-2-8(16)6-12(10)18/h2-6H,1H3. The zero-order valence-electron chi connectivity index (χ0n) is 10.8. The molecule has 1 heterocycles. The summed E-state index contributed by atoms with van der Waals surface area (Å²) in [6, 6.07) is 9.50. The van der Waals surface area contributed by atoms with Crippen LogP contribution in [0.3, 0.4) is 0 Å². The maximum Gasteiger partial charge on any atom is 0.163 e. The molecule has 0 aliphatic carbocycles. The Balaban J connectivity index is 2.30. The van der Waals surface area contributed by atoms with Crippen LogP contribution in [0.15, 0.2) is 39.3 Å². The molecular weight excluding hydrogens is 439 g/mol. The molecule has 3 rings (SSSR count). The highest BCUT2D eigenvalue weighted by Gasteiger charge is 2.13. The summed E-state index contributed by atoms with van der Waals surface area (Å²) in [6.07, 6.45) is 0. The van der Waals surface area contributed by atoms with Crippen LogP contribution in [0.2, 0.25) is 10.2 Å². The van der Waals surface area contributed by atoms with Crippen LogP contribution in [0.5, 0.6) is 0 Å². The lowest BCUT2D eigenvalue weighted by Gasteiger charge is -2.09. The van der Waals surface area contributed by atoms with Gasteiger partial charge in [0.25, 0.3) is 0 Å². The van der Waals surface area contributed by atoms with Gasteiger partial charge in [-0.05, 0) is 42.8 Å². The van der Waals surface area contributed by atoms with Crippen LogP contribution in [-0.4, -0.2) is 9.97 Å². The van der Waals surface area contributed by atoms with E-state index in [4.69, 9.17) is 23.2 Å². The van der Waals surface area contributed by atoms with Crippen LogP contribution < -0.4 is 0 Å². The van der Waals surface area contributed by atoms with E-state index in [1.807, 2.05) is 37.3 Å². The van der Waals surface area contributed by atoms with Crippen LogP contribution in [0.1, 0.15) is 5.56 Å². The summed E-state index contributed by atoms with van der Waals surface area (Å²) in [5.41, 5.74) is 2.61. The van der Waals surface area contributed by atoms with E-state index in [1.165, 1.54) is 0 Å². The number of nitrogens with zero attached hydrogens (tertiary/aromatic N) is 2. The van der Waals surface area contributed by atoms with Crippen molar-refractivity contribution in [3.8, 4) is 11.4 Å². The Bertz CT molecular complexity index is 866. The molecule has 0 aliphatic rings. The third kappa shape index (κ3) is 2.95. The maximum atomic E-state index is 6.32. The molecular formula is C15H8Br2Cl2N2. The van der Waals surface area contributed by atoms with Crippen molar-refractivity contribution in [2.45, 2.75) is 6.92 Å². The van der Waals surface area contributed by atoms with E-state index in [1.54, 1.807) is 0 Å². The van der Waals surface area contributed by atoms with Gasteiger partial charge < -0.3 is 0 Å². The van der Waals surface area contributed by atoms with Gasteiger partial charge in [-0.15, -0.1) is 0 Å². The highest BCUT2D eigenvalue weighted by Crippen LogP contribution is 2.33. The first kappa shape index (κ1) is 15.2. The zero-order valence-corrected chi connectivity index (χ0v) is 15.5. The van der Waals surface area contributed by atoms with Crippen molar-refractivity contribution in [3.63, 3.8) is 0 Å². The first-order valence-electron chi connectivity index (χ1n) is 6.04. The molecule has 0 fully saturated rings. The predicted molar refractivity (Wildman–Crippen MR) is 95.1 cm³/mol. The number of hydrogen-bond donors (Lipinski definition) is 0. The lowest BCUT2D eigenvalue weighted by atomic mass is 10.1. The van der Waals surface area contributed by atoms with E-state index in [9.17, 15) is 0 Å². The fraction of sp³-hybridized carbons (Fsp3) is 0.0667. The fourth-order valence-electron chi connectivity index (χ4n) is 2.12. The predicted octanol–water partition coefficient (Wildman–Crippen LogP) is 6.44. The minimum Gasteiger partial charge on any atom is -0.228 e. The van der Waals surface area contributed by atoms with E-state index in [-0.39, 0.29) is 0 Å². The van der Waals surface area contributed by atoms with Gasteiger partial charge in [0.1, 0.15) is 5.15 Å². The van der Waals surface area contributed by atoms with E-state index in [0.29, 0.717) is 16.0 Å². The lowest BCUT2D eigenvalue weighted by Crippen LogP contribution is -1.94. The molecule has 106 valence electrons. The van der Waals surface area contributed by atoms with Crippen molar-refractivity contribution in [2.24, 2.45) is 0 Å². The van der Waals surface area contributed by atoms with Crippen molar-refractivity contribution in [3.05, 3.63) is 55.0 Å². The van der Waals surface area contributed by atoms with Gasteiger partial charge in [-0.2, -0.15) is 0 Å². The van der Waals surface area contributed by atoms with Crippen molar-refractivity contribution < 1.29 is 0 Å². The Labute approximate surface area is 148 Å². The Morgan fingerprint density at radius 3 is 2.43 bits per heavy atom. The normalized spacial score (nSPS) is 11.1. The number of rotatable bonds is 1. The first-order valence-corrected chi connectivity index (χ1v) is 8.39. The molecule has 0 saturated carbocycles. The van der Waals surface area contributed by atoms with E-state index < -0.39 is 0 Å². The molecule has 0 amide bonds. The molecule has 2 aromatic carbocycles. The molecule has 2 nitrogen and oxygen atoms in total. The largest absolute Gasteiger partial charge is 0.228 e. The summed E-state index contributed by atoms with van der Waals surface area (Å²) in [5, 5.41) is 1.81. The number of benzene rings is 2. The van der Waals surface area contributed by atoms with Gasteiger partial charge >= 0.3 is 0 Å². The number of fused-ring (bicyclic) bond motifs is 1. The summed E-state index contributed by atoms with van der Waals surface area (Å²) in [5.74, 6) is 0.524. The van der Waals surface area contributed by atoms with Gasteiger partial charge in [0.2, 0.25) is 0 Å². The number of aromatic nitrogens is 2. The molecule has 0 aliphatic heterocycles. The molecule has 0 spiro atoms. The van der Waals surface area contributed by atoms with Gasteiger partial charge in [0.05, 0.1) is 10.5 Å². The maximum absolute atomic E-state index is 6.32. The molecule has 21 heavy (non-hydrogen) atoms. The van der Waals surface area contributed by atoms with E-state index in [0.717, 1.165) is 31.0 Å².